The van der Waals surface area contributed by atoms with Gasteiger partial charge in [-0.1, -0.05) is 13.0 Å². The molecule has 1 aliphatic heterocycles. The zero-order chi connectivity index (χ0) is 22.2. The van der Waals surface area contributed by atoms with Gasteiger partial charge in [0.2, 0.25) is 15.9 Å². The molecule has 1 amide bonds. The van der Waals surface area contributed by atoms with Crippen LogP contribution in [-0.2, 0) is 21.2 Å². The number of hydrogen-bond donors (Lipinski definition) is 1. The van der Waals surface area contributed by atoms with Crippen LogP contribution in [0.4, 0.5) is 5.69 Å². The van der Waals surface area contributed by atoms with Crippen molar-refractivity contribution in [2.24, 2.45) is 5.92 Å². The third-order valence-electron chi connectivity index (χ3n) is 5.84. The molecule has 2 aromatic carbocycles. The third kappa shape index (κ3) is 4.52. The van der Waals surface area contributed by atoms with Crippen LogP contribution in [0.15, 0.2) is 52.0 Å². The van der Waals surface area contributed by atoms with E-state index in [-0.39, 0.29) is 17.2 Å². The number of furan rings is 1. The Hall–Kier alpha value is -2.64. The maximum Gasteiger partial charge on any atom is 0.243 e. The predicted octanol–water partition coefficient (Wildman–Crippen LogP) is 4.65. The number of anilines is 1. The maximum atomic E-state index is 12.9. The van der Waals surface area contributed by atoms with Gasteiger partial charge in [0.15, 0.2) is 0 Å². The largest absolute Gasteiger partial charge is 0.464 e. The molecule has 0 bridgehead atoms. The molecule has 7 heteroatoms. The molecule has 6 nitrogen and oxygen atoms in total. The fraction of sp³-hybridized carbons (Fsp3) is 0.375. The lowest BCUT2D eigenvalue weighted by molar-refractivity contribution is -0.115. The molecule has 0 spiro atoms. The molecule has 4 rings (SSSR count). The van der Waals surface area contributed by atoms with Crippen molar-refractivity contribution in [2.75, 3.05) is 18.4 Å². The molecule has 2 heterocycles. The van der Waals surface area contributed by atoms with Crippen LogP contribution in [0.25, 0.3) is 11.0 Å². The van der Waals surface area contributed by atoms with Crippen LogP contribution >= 0.6 is 0 Å². The van der Waals surface area contributed by atoms with E-state index in [2.05, 4.69) is 18.3 Å². The Labute approximate surface area is 183 Å². The Morgan fingerprint density at radius 2 is 1.94 bits per heavy atom. The van der Waals surface area contributed by atoms with E-state index >= 15 is 0 Å². The zero-order valence-electron chi connectivity index (χ0n) is 18.1. The SMILES string of the molecule is Cc1cc(C)c2c(CC(=O)Nc3ccc(S(=O)(=O)N4CCCC(C)C4)cc3)coc2c1. The number of nitrogens with one attached hydrogen (secondary N) is 1. The number of sulfonamides is 1. The fourth-order valence-corrected chi connectivity index (χ4v) is 5.96. The number of carbonyl (C=O) groups excluding carboxylic acids is 1. The Kier molecular flexibility index (Phi) is 5.90. The zero-order valence-corrected chi connectivity index (χ0v) is 19.0. The smallest absolute Gasteiger partial charge is 0.243 e. The van der Waals surface area contributed by atoms with Crippen LogP contribution in [0, 0.1) is 19.8 Å². The Balaban J connectivity index is 1.45. The topological polar surface area (TPSA) is 79.6 Å². The van der Waals surface area contributed by atoms with Gasteiger partial charge < -0.3 is 9.73 Å². The first-order valence-corrected chi connectivity index (χ1v) is 12.1. The molecule has 0 aliphatic carbocycles. The second-order valence-electron chi connectivity index (χ2n) is 8.58. The predicted molar refractivity (Wildman–Crippen MR) is 122 cm³/mol. The summed E-state index contributed by atoms with van der Waals surface area (Å²) >= 11 is 0. The normalized spacial score (nSPS) is 17.7. The van der Waals surface area contributed by atoms with Crippen LogP contribution in [0.1, 0.15) is 36.5 Å². The molecule has 164 valence electrons. The number of aryl methyl sites for hydroxylation is 2. The van der Waals surface area contributed by atoms with Crippen molar-refractivity contribution in [1.82, 2.24) is 4.31 Å². The summed E-state index contributed by atoms with van der Waals surface area (Å²) in [5.74, 6) is 0.191. The minimum atomic E-state index is -3.51. The lowest BCUT2D eigenvalue weighted by Gasteiger charge is -2.30. The average molecular weight is 441 g/mol. The summed E-state index contributed by atoms with van der Waals surface area (Å²) in [6.45, 7) is 7.21. The Morgan fingerprint density at radius 1 is 1.19 bits per heavy atom. The quantitative estimate of drug-likeness (QED) is 0.626. The van der Waals surface area contributed by atoms with Crippen molar-refractivity contribution in [2.45, 2.75) is 44.9 Å². The number of nitrogens with zero attached hydrogens (tertiary/aromatic N) is 1. The highest BCUT2D eigenvalue weighted by Crippen LogP contribution is 2.27. The fourth-order valence-electron chi connectivity index (χ4n) is 4.36. The number of piperidine rings is 1. The summed E-state index contributed by atoms with van der Waals surface area (Å²) in [6.07, 6.45) is 3.76. The second-order valence-corrected chi connectivity index (χ2v) is 10.5. The second kappa shape index (κ2) is 8.48. The molecule has 1 saturated heterocycles. The molecular formula is C24H28N2O4S. The van der Waals surface area contributed by atoms with E-state index in [1.807, 2.05) is 19.9 Å². The van der Waals surface area contributed by atoms with Gasteiger partial charge in [-0.15, -0.1) is 0 Å². The monoisotopic (exact) mass is 440 g/mol. The van der Waals surface area contributed by atoms with Crippen LogP contribution in [-0.4, -0.2) is 31.7 Å². The van der Waals surface area contributed by atoms with Crippen molar-refractivity contribution in [3.63, 3.8) is 0 Å². The van der Waals surface area contributed by atoms with Crippen molar-refractivity contribution in [3.8, 4) is 0 Å². The van der Waals surface area contributed by atoms with Crippen molar-refractivity contribution < 1.29 is 17.6 Å². The number of hydrogen-bond acceptors (Lipinski definition) is 4. The van der Waals surface area contributed by atoms with Gasteiger partial charge in [0, 0.05) is 29.7 Å². The maximum absolute atomic E-state index is 12.9. The van der Waals surface area contributed by atoms with Crippen LogP contribution in [0.3, 0.4) is 0 Å². The first-order chi connectivity index (χ1) is 14.7. The van der Waals surface area contributed by atoms with Crippen molar-refractivity contribution in [1.29, 1.82) is 0 Å². The van der Waals surface area contributed by atoms with Crippen LogP contribution in [0.5, 0.6) is 0 Å². The van der Waals surface area contributed by atoms with E-state index < -0.39 is 10.0 Å². The van der Waals surface area contributed by atoms with Crippen LogP contribution < -0.4 is 5.32 Å². The van der Waals surface area contributed by atoms with Gasteiger partial charge in [-0.05, 0) is 74.1 Å². The van der Waals surface area contributed by atoms with Gasteiger partial charge in [0.1, 0.15) is 5.58 Å². The molecular weight excluding hydrogens is 412 g/mol. The Bertz CT molecular complexity index is 1210. The molecule has 1 aromatic heterocycles. The van der Waals surface area contributed by atoms with Gasteiger partial charge in [-0.2, -0.15) is 4.31 Å². The number of benzene rings is 2. The minimum absolute atomic E-state index is 0.178. The van der Waals surface area contributed by atoms with Gasteiger partial charge in [-0.3, -0.25) is 4.79 Å². The van der Waals surface area contributed by atoms with Gasteiger partial charge in [0.25, 0.3) is 0 Å². The van der Waals surface area contributed by atoms with E-state index in [1.165, 1.54) is 0 Å². The first-order valence-electron chi connectivity index (χ1n) is 10.6. The third-order valence-corrected chi connectivity index (χ3v) is 7.72. The number of amides is 1. The van der Waals surface area contributed by atoms with Gasteiger partial charge in [0.05, 0.1) is 17.6 Å². The molecule has 1 atom stereocenters. The molecule has 1 N–H and O–H groups in total. The van der Waals surface area contributed by atoms with E-state index in [4.69, 9.17) is 4.42 Å². The van der Waals surface area contributed by atoms with E-state index in [1.54, 1.807) is 34.8 Å². The van der Waals surface area contributed by atoms with Crippen LogP contribution in [0.2, 0.25) is 0 Å². The number of carbonyl (C=O) groups is 1. The molecule has 0 radical (unpaired) electrons. The summed E-state index contributed by atoms with van der Waals surface area (Å²) in [5.41, 5.74) is 4.37. The molecule has 1 fully saturated rings. The number of fused-ring (bicyclic) bond motifs is 1. The van der Waals surface area contributed by atoms with Crippen molar-refractivity contribution >= 4 is 32.6 Å². The highest BCUT2D eigenvalue weighted by Gasteiger charge is 2.28. The van der Waals surface area contributed by atoms with Gasteiger partial charge >= 0.3 is 0 Å². The summed E-state index contributed by atoms with van der Waals surface area (Å²) in [4.78, 5) is 12.8. The molecule has 1 unspecified atom stereocenters. The summed E-state index contributed by atoms with van der Waals surface area (Å²) in [5, 5.41) is 3.82. The molecule has 1 aliphatic rings. The molecule has 31 heavy (non-hydrogen) atoms. The average Bonchev–Trinajstić information content (AvgIpc) is 3.11. The highest BCUT2D eigenvalue weighted by atomic mass is 32.2. The lowest BCUT2D eigenvalue weighted by atomic mass is 10.0. The highest BCUT2D eigenvalue weighted by molar-refractivity contribution is 7.89. The number of rotatable bonds is 5. The summed E-state index contributed by atoms with van der Waals surface area (Å²) in [6, 6.07) is 10.4. The Morgan fingerprint density at radius 3 is 2.65 bits per heavy atom. The summed E-state index contributed by atoms with van der Waals surface area (Å²) < 4.78 is 33.0. The van der Waals surface area contributed by atoms with E-state index in [0.29, 0.717) is 24.7 Å². The standard InChI is InChI=1S/C24H28N2O4S/c1-16-5-4-10-26(14-16)31(28,29)21-8-6-20(7-9-21)25-23(27)13-19-15-30-22-12-17(2)11-18(3)24(19)22/h6-9,11-12,15-16H,4-5,10,13-14H2,1-3H3,(H,25,27). The summed E-state index contributed by atoms with van der Waals surface area (Å²) in [7, 11) is -3.51. The minimum Gasteiger partial charge on any atom is -0.464 e. The molecule has 0 saturated carbocycles. The molecule has 3 aromatic rings. The van der Waals surface area contributed by atoms with Crippen molar-refractivity contribution in [3.05, 3.63) is 59.4 Å². The van der Waals surface area contributed by atoms with E-state index in [0.717, 1.165) is 40.5 Å². The van der Waals surface area contributed by atoms with E-state index in [9.17, 15) is 13.2 Å². The van der Waals surface area contributed by atoms with Gasteiger partial charge in [-0.25, -0.2) is 8.42 Å². The first kappa shape index (κ1) is 21.6. The lowest BCUT2D eigenvalue weighted by Crippen LogP contribution is -2.39.